The third-order valence-electron chi connectivity index (χ3n) is 9.46. The van der Waals surface area contributed by atoms with Gasteiger partial charge in [-0.25, -0.2) is 0 Å². The minimum absolute atomic E-state index is 0.134. The summed E-state index contributed by atoms with van der Waals surface area (Å²) >= 11 is 0. The van der Waals surface area contributed by atoms with E-state index in [1.807, 2.05) is 0 Å². The molecule has 4 heteroatoms. The number of fused-ring (bicyclic) bond motifs is 2. The Labute approximate surface area is 156 Å². The number of likely N-dealkylation sites (tertiary alicyclic amines) is 1. The van der Waals surface area contributed by atoms with Crippen molar-refractivity contribution in [3.05, 3.63) is 12.2 Å². The molecule has 5 saturated carbocycles. The predicted octanol–water partition coefficient (Wildman–Crippen LogP) is 2.39. The zero-order chi connectivity index (χ0) is 18.3. The molecule has 4 nitrogen and oxygen atoms in total. The van der Waals surface area contributed by atoms with Crippen LogP contribution in [0.15, 0.2) is 12.2 Å². The average Bonchev–Trinajstić information content (AvgIpc) is 2.60. The van der Waals surface area contributed by atoms with Crippen molar-refractivity contribution < 1.29 is 15.0 Å². The Kier molecular flexibility index (Phi) is 3.63. The fourth-order valence-electron chi connectivity index (χ4n) is 8.53. The van der Waals surface area contributed by atoms with Gasteiger partial charge in [0, 0.05) is 26.1 Å². The van der Waals surface area contributed by atoms with Gasteiger partial charge in [0.2, 0.25) is 0 Å². The van der Waals surface area contributed by atoms with E-state index in [9.17, 15) is 15.0 Å². The standard InChI is InChI=1S/C22H33NO3/c1-14-15-4-7-22(19(14)26)17(10-15)21-6-3-5-20(2,16(21)11-18(22)25)12-23(13-21)8-9-24/h15-17,19,24,26H,1,3-13H2,2H3/t15-,16?,17?,19+,20-,21-,22+/m0/s1. The maximum Gasteiger partial charge on any atom is 0.142 e. The van der Waals surface area contributed by atoms with E-state index in [0.29, 0.717) is 30.0 Å². The molecule has 1 saturated heterocycles. The molecule has 2 unspecified atom stereocenters. The molecule has 0 radical (unpaired) electrons. The fraction of sp³-hybridized carbons (Fsp3) is 0.864. The molecule has 0 aromatic carbocycles. The second-order valence-electron chi connectivity index (χ2n) is 10.4. The summed E-state index contributed by atoms with van der Waals surface area (Å²) in [5, 5.41) is 20.7. The topological polar surface area (TPSA) is 60.8 Å². The maximum absolute atomic E-state index is 13.5. The first-order valence-corrected chi connectivity index (χ1v) is 10.6. The molecule has 6 fully saturated rings. The number of aliphatic hydroxyl groups excluding tert-OH is 2. The number of hydrogen-bond donors (Lipinski definition) is 2. The van der Waals surface area contributed by atoms with E-state index in [4.69, 9.17) is 0 Å². The Morgan fingerprint density at radius 1 is 1.23 bits per heavy atom. The van der Waals surface area contributed by atoms with Gasteiger partial charge in [0.15, 0.2) is 0 Å². The van der Waals surface area contributed by atoms with Crippen molar-refractivity contribution in [3.63, 3.8) is 0 Å². The highest BCUT2D eigenvalue weighted by Gasteiger charge is 2.72. The van der Waals surface area contributed by atoms with Crippen LogP contribution in [-0.2, 0) is 4.79 Å². The van der Waals surface area contributed by atoms with Gasteiger partial charge in [-0.2, -0.15) is 0 Å². The van der Waals surface area contributed by atoms with Crippen molar-refractivity contribution >= 4 is 5.78 Å². The fourth-order valence-corrected chi connectivity index (χ4v) is 8.53. The normalized spacial score (nSPS) is 53.3. The zero-order valence-corrected chi connectivity index (χ0v) is 16.0. The molecule has 5 aliphatic carbocycles. The first-order valence-electron chi connectivity index (χ1n) is 10.6. The lowest BCUT2D eigenvalue weighted by Crippen LogP contribution is -2.73. The number of hydrogen-bond acceptors (Lipinski definition) is 4. The Morgan fingerprint density at radius 3 is 2.81 bits per heavy atom. The van der Waals surface area contributed by atoms with E-state index < -0.39 is 11.5 Å². The van der Waals surface area contributed by atoms with Gasteiger partial charge < -0.3 is 10.2 Å². The van der Waals surface area contributed by atoms with E-state index >= 15 is 0 Å². The number of aliphatic hydroxyl groups is 2. The summed E-state index contributed by atoms with van der Waals surface area (Å²) in [4.78, 5) is 16.0. The summed E-state index contributed by atoms with van der Waals surface area (Å²) in [7, 11) is 0. The van der Waals surface area contributed by atoms with Crippen LogP contribution in [0, 0.1) is 34.0 Å². The van der Waals surface area contributed by atoms with E-state index in [0.717, 1.165) is 44.5 Å². The van der Waals surface area contributed by atoms with Crippen molar-refractivity contribution in [2.45, 2.75) is 58.0 Å². The number of Topliss-reactive ketones (excluding diaryl/α,β-unsaturated/α-hetero) is 1. The predicted molar refractivity (Wildman–Crippen MR) is 99.4 cm³/mol. The average molecular weight is 360 g/mol. The van der Waals surface area contributed by atoms with E-state index in [-0.39, 0.29) is 17.4 Å². The molecule has 26 heavy (non-hydrogen) atoms. The van der Waals surface area contributed by atoms with Crippen LogP contribution < -0.4 is 0 Å². The minimum Gasteiger partial charge on any atom is -0.395 e. The first kappa shape index (κ1) is 17.4. The van der Waals surface area contributed by atoms with Crippen molar-refractivity contribution in [1.82, 2.24) is 4.90 Å². The number of rotatable bonds is 2. The summed E-state index contributed by atoms with van der Waals surface area (Å²) in [6, 6.07) is 0. The van der Waals surface area contributed by atoms with Crippen LogP contribution in [0.4, 0.5) is 0 Å². The lowest BCUT2D eigenvalue weighted by molar-refractivity contribution is -0.230. The first-order chi connectivity index (χ1) is 12.4. The van der Waals surface area contributed by atoms with Gasteiger partial charge in [-0.15, -0.1) is 0 Å². The monoisotopic (exact) mass is 359 g/mol. The number of piperidine rings is 1. The van der Waals surface area contributed by atoms with Crippen LogP contribution in [0.5, 0.6) is 0 Å². The van der Waals surface area contributed by atoms with Crippen molar-refractivity contribution in [2.24, 2.45) is 34.0 Å². The zero-order valence-electron chi connectivity index (χ0n) is 16.0. The third-order valence-corrected chi connectivity index (χ3v) is 9.46. The smallest absolute Gasteiger partial charge is 0.142 e. The van der Waals surface area contributed by atoms with E-state index in [1.54, 1.807) is 0 Å². The van der Waals surface area contributed by atoms with Crippen LogP contribution in [0.3, 0.4) is 0 Å². The van der Waals surface area contributed by atoms with Gasteiger partial charge in [0.05, 0.1) is 18.1 Å². The summed E-state index contributed by atoms with van der Waals surface area (Å²) in [6.07, 6.45) is 6.54. The van der Waals surface area contributed by atoms with Gasteiger partial charge in [0.25, 0.3) is 0 Å². The summed E-state index contributed by atoms with van der Waals surface area (Å²) in [6.45, 7) is 9.52. The number of carbonyl (C=O) groups excluding carboxylic acids is 1. The largest absolute Gasteiger partial charge is 0.395 e. The second-order valence-corrected chi connectivity index (χ2v) is 10.4. The molecular weight excluding hydrogens is 326 g/mol. The van der Waals surface area contributed by atoms with Gasteiger partial charge in [-0.1, -0.05) is 19.9 Å². The van der Waals surface area contributed by atoms with Crippen LogP contribution >= 0.6 is 0 Å². The summed E-state index contributed by atoms with van der Waals surface area (Å²) in [5.74, 6) is 1.46. The quantitative estimate of drug-likeness (QED) is 0.743. The summed E-state index contributed by atoms with van der Waals surface area (Å²) in [5.41, 5.74) is 0.663. The van der Waals surface area contributed by atoms with Gasteiger partial charge >= 0.3 is 0 Å². The molecule has 7 atom stereocenters. The molecule has 0 aromatic rings. The van der Waals surface area contributed by atoms with Gasteiger partial charge in [-0.05, 0) is 66.3 Å². The highest BCUT2D eigenvalue weighted by atomic mass is 16.3. The van der Waals surface area contributed by atoms with E-state index in [2.05, 4.69) is 18.4 Å². The molecular formula is C22H33NO3. The SMILES string of the molecule is C=C1[C@H]2CC[C@@]3(C(=O)CC4[C@@]5(C)CCC[C@@]4(CN(CCO)C5)C3C2)[C@@H]1O. The molecule has 0 amide bonds. The Bertz CT molecular complexity index is 662. The second kappa shape index (κ2) is 5.42. The molecule has 6 aliphatic rings. The number of ketones is 1. The third kappa shape index (κ3) is 1.89. The van der Waals surface area contributed by atoms with Crippen LogP contribution in [-0.4, -0.2) is 53.2 Å². The molecule has 1 heterocycles. The molecule has 1 spiro atoms. The minimum atomic E-state index is -0.635. The maximum atomic E-state index is 13.5. The van der Waals surface area contributed by atoms with Crippen molar-refractivity contribution in [3.8, 4) is 0 Å². The van der Waals surface area contributed by atoms with Crippen LogP contribution in [0.25, 0.3) is 0 Å². The van der Waals surface area contributed by atoms with Gasteiger partial charge in [0.1, 0.15) is 5.78 Å². The summed E-state index contributed by atoms with van der Waals surface area (Å²) < 4.78 is 0. The Balaban J connectivity index is 1.64. The van der Waals surface area contributed by atoms with Crippen molar-refractivity contribution in [2.75, 3.05) is 26.2 Å². The molecule has 4 bridgehead atoms. The number of β-amino-alcohol motifs (C(OH)–C–C–N with tert-alkyl or cyclic N) is 1. The lowest BCUT2D eigenvalue weighted by atomic mass is 9.34. The van der Waals surface area contributed by atoms with Gasteiger partial charge in [-0.3, -0.25) is 9.69 Å². The lowest BCUT2D eigenvalue weighted by Gasteiger charge is -2.72. The van der Waals surface area contributed by atoms with Crippen LogP contribution in [0.1, 0.15) is 51.9 Å². The molecule has 6 rings (SSSR count). The number of nitrogens with zero attached hydrogens (tertiary/aromatic N) is 1. The number of carbonyl (C=O) groups is 1. The van der Waals surface area contributed by atoms with Crippen LogP contribution in [0.2, 0.25) is 0 Å². The molecule has 1 aliphatic heterocycles. The van der Waals surface area contributed by atoms with E-state index in [1.165, 1.54) is 19.3 Å². The Hall–Kier alpha value is -0.710. The highest BCUT2D eigenvalue weighted by Crippen LogP contribution is 2.72. The molecule has 0 aromatic heterocycles. The molecule has 144 valence electrons. The van der Waals surface area contributed by atoms with Crippen molar-refractivity contribution in [1.29, 1.82) is 0 Å². The Morgan fingerprint density at radius 2 is 2.04 bits per heavy atom. The highest BCUT2D eigenvalue weighted by molar-refractivity contribution is 5.88. The molecule has 2 N–H and O–H groups in total.